The van der Waals surface area contributed by atoms with E-state index < -0.39 is 0 Å². The van der Waals surface area contributed by atoms with Gasteiger partial charge in [-0.25, -0.2) is 0 Å². The maximum absolute atomic E-state index is 12.4. The summed E-state index contributed by atoms with van der Waals surface area (Å²) in [5.41, 5.74) is 2.57. The van der Waals surface area contributed by atoms with Gasteiger partial charge in [0.1, 0.15) is 5.70 Å². The lowest BCUT2D eigenvalue weighted by Gasteiger charge is -2.07. The maximum atomic E-state index is 12.4. The van der Waals surface area contributed by atoms with Crippen LogP contribution in [0.15, 0.2) is 36.2 Å². The summed E-state index contributed by atoms with van der Waals surface area (Å²) in [6, 6.07) is 7.75. The lowest BCUT2D eigenvalue weighted by molar-refractivity contribution is -0.135. The Kier molecular flexibility index (Phi) is 3.25. The number of rotatable bonds is 4. The number of amides is 2. The van der Waals surface area contributed by atoms with Gasteiger partial charge in [-0.15, -0.1) is 0 Å². The fourth-order valence-electron chi connectivity index (χ4n) is 2.58. The Bertz CT molecular complexity index is 758. The van der Waals surface area contributed by atoms with Crippen LogP contribution >= 0.6 is 0 Å². The first-order chi connectivity index (χ1) is 10.1. The minimum Gasteiger partial charge on any atom is -0.380 e. The van der Waals surface area contributed by atoms with Crippen molar-refractivity contribution in [3.63, 3.8) is 0 Å². The van der Waals surface area contributed by atoms with Crippen molar-refractivity contribution >= 4 is 28.3 Å². The third kappa shape index (κ3) is 2.01. The Labute approximate surface area is 122 Å². The third-order valence-corrected chi connectivity index (χ3v) is 3.70. The number of H-pyrrole nitrogens is 1. The van der Waals surface area contributed by atoms with Crippen LogP contribution in [-0.4, -0.2) is 35.3 Å². The van der Waals surface area contributed by atoms with Gasteiger partial charge in [0, 0.05) is 36.3 Å². The molecule has 1 aliphatic heterocycles. The van der Waals surface area contributed by atoms with Crippen LogP contribution in [0.2, 0.25) is 0 Å². The van der Waals surface area contributed by atoms with Crippen molar-refractivity contribution in [3.05, 3.63) is 41.7 Å². The number of hydrogen-bond acceptors (Lipinski definition) is 3. The molecule has 5 nitrogen and oxygen atoms in total. The van der Waals surface area contributed by atoms with Crippen LogP contribution in [0, 0.1) is 0 Å². The molecular formula is C16H17N3O2. The Morgan fingerprint density at radius 3 is 2.71 bits per heavy atom. The standard InChI is InChI=1S/C16H17N3O2/c1-3-8-17-14-13(15(20)19(2)16(14)21)11-9-18-12-7-5-4-6-10(11)12/h4-7,9,17-18H,3,8H2,1-2H3. The summed E-state index contributed by atoms with van der Waals surface area (Å²) in [6.45, 7) is 2.68. The Morgan fingerprint density at radius 1 is 1.19 bits per heavy atom. The SMILES string of the molecule is CCCNC1=C(c2c[nH]c3ccccc23)C(=O)N(C)C1=O. The number of carbonyl (C=O) groups is 2. The number of nitrogens with one attached hydrogen (secondary N) is 2. The Hall–Kier alpha value is -2.56. The first-order valence-corrected chi connectivity index (χ1v) is 7.02. The molecule has 2 amide bonds. The highest BCUT2D eigenvalue weighted by atomic mass is 16.2. The van der Waals surface area contributed by atoms with Crippen molar-refractivity contribution in [1.82, 2.24) is 15.2 Å². The molecule has 0 atom stereocenters. The number of para-hydroxylation sites is 1. The van der Waals surface area contributed by atoms with E-state index in [1.807, 2.05) is 31.2 Å². The highest BCUT2D eigenvalue weighted by Gasteiger charge is 2.37. The van der Waals surface area contributed by atoms with Crippen molar-refractivity contribution < 1.29 is 9.59 Å². The molecule has 2 N–H and O–H groups in total. The summed E-state index contributed by atoms with van der Waals surface area (Å²) in [5, 5.41) is 4.04. The quantitative estimate of drug-likeness (QED) is 0.842. The van der Waals surface area contributed by atoms with Crippen LogP contribution in [0.4, 0.5) is 0 Å². The summed E-state index contributed by atoms with van der Waals surface area (Å²) in [6.07, 6.45) is 2.67. The molecule has 108 valence electrons. The summed E-state index contributed by atoms with van der Waals surface area (Å²) in [4.78, 5) is 29.0. The predicted molar refractivity (Wildman–Crippen MR) is 81.3 cm³/mol. The van der Waals surface area contributed by atoms with Gasteiger partial charge < -0.3 is 10.3 Å². The summed E-state index contributed by atoms with van der Waals surface area (Å²) in [5.74, 6) is -0.530. The molecule has 2 heterocycles. The first-order valence-electron chi connectivity index (χ1n) is 7.02. The normalized spacial score (nSPS) is 15.4. The molecule has 0 saturated heterocycles. The van der Waals surface area contributed by atoms with Gasteiger partial charge in [0.15, 0.2) is 0 Å². The van der Waals surface area contributed by atoms with Crippen LogP contribution in [0.3, 0.4) is 0 Å². The van der Waals surface area contributed by atoms with E-state index in [1.54, 1.807) is 6.20 Å². The second-order valence-electron chi connectivity index (χ2n) is 5.09. The molecule has 3 rings (SSSR count). The largest absolute Gasteiger partial charge is 0.380 e. The van der Waals surface area contributed by atoms with E-state index in [-0.39, 0.29) is 11.8 Å². The molecule has 0 unspecified atom stereocenters. The number of hydrogen-bond donors (Lipinski definition) is 2. The Morgan fingerprint density at radius 2 is 1.95 bits per heavy atom. The van der Waals surface area contributed by atoms with E-state index in [0.29, 0.717) is 17.8 Å². The zero-order valence-electron chi connectivity index (χ0n) is 12.1. The van der Waals surface area contributed by atoms with Crippen LogP contribution in [-0.2, 0) is 9.59 Å². The molecule has 1 aromatic heterocycles. The molecule has 0 bridgehead atoms. The van der Waals surface area contributed by atoms with Gasteiger partial charge in [-0.3, -0.25) is 14.5 Å². The van der Waals surface area contributed by atoms with Gasteiger partial charge in [-0.05, 0) is 12.5 Å². The molecule has 0 radical (unpaired) electrons. The van der Waals surface area contributed by atoms with Crippen LogP contribution in [0.1, 0.15) is 18.9 Å². The number of carbonyl (C=O) groups excluding carboxylic acids is 2. The van der Waals surface area contributed by atoms with E-state index in [9.17, 15) is 9.59 Å². The van der Waals surface area contributed by atoms with Gasteiger partial charge in [0.2, 0.25) is 0 Å². The number of nitrogens with zero attached hydrogens (tertiary/aromatic N) is 1. The number of imide groups is 1. The fraction of sp³-hybridized carbons (Fsp3) is 0.250. The lowest BCUT2D eigenvalue weighted by Crippen LogP contribution is -2.30. The number of likely N-dealkylation sites (N-methyl/N-ethyl adjacent to an activating group) is 1. The zero-order chi connectivity index (χ0) is 15.0. The number of fused-ring (bicyclic) bond motifs is 1. The molecular weight excluding hydrogens is 266 g/mol. The average Bonchev–Trinajstić information content (AvgIpc) is 3.00. The molecule has 0 aliphatic carbocycles. The van der Waals surface area contributed by atoms with Crippen molar-refractivity contribution in [2.75, 3.05) is 13.6 Å². The van der Waals surface area contributed by atoms with Gasteiger partial charge in [0.05, 0.1) is 5.57 Å². The van der Waals surface area contributed by atoms with Crippen LogP contribution in [0.5, 0.6) is 0 Å². The molecule has 1 aliphatic rings. The minimum atomic E-state index is -0.270. The van der Waals surface area contributed by atoms with E-state index in [1.165, 1.54) is 7.05 Å². The molecule has 0 spiro atoms. The average molecular weight is 283 g/mol. The van der Waals surface area contributed by atoms with Crippen LogP contribution < -0.4 is 5.32 Å². The smallest absolute Gasteiger partial charge is 0.277 e. The molecule has 1 aromatic carbocycles. The van der Waals surface area contributed by atoms with Crippen molar-refractivity contribution in [1.29, 1.82) is 0 Å². The molecule has 21 heavy (non-hydrogen) atoms. The first kappa shape index (κ1) is 13.4. The van der Waals surface area contributed by atoms with Gasteiger partial charge >= 0.3 is 0 Å². The van der Waals surface area contributed by atoms with Crippen LogP contribution in [0.25, 0.3) is 16.5 Å². The van der Waals surface area contributed by atoms with E-state index in [2.05, 4.69) is 10.3 Å². The van der Waals surface area contributed by atoms with Gasteiger partial charge in [-0.2, -0.15) is 0 Å². The lowest BCUT2D eigenvalue weighted by atomic mass is 10.0. The van der Waals surface area contributed by atoms with E-state index in [0.717, 1.165) is 27.8 Å². The third-order valence-electron chi connectivity index (χ3n) is 3.70. The molecule has 5 heteroatoms. The van der Waals surface area contributed by atoms with Crippen molar-refractivity contribution in [3.8, 4) is 0 Å². The van der Waals surface area contributed by atoms with Gasteiger partial charge in [-0.1, -0.05) is 25.1 Å². The summed E-state index contributed by atoms with van der Waals surface area (Å²) in [7, 11) is 1.51. The topological polar surface area (TPSA) is 65.2 Å². The zero-order valence-corrected chi connectivity index (χ0v) is 12.1. The van der Waals surface area contributed by atoms with Gasteiger partial charge in [0.25, 0.3) is 11.8 Å². The predicted octanol–water partition coefficient (Wildman–Crippen LogP) is 1.88. The number of benzene rings is 1. The minimum absolute atomic E-state index is 0.261. The molecule has 0 saturated carbocycles. The second-order valence-corrected chi connectivity index (χ2v) is 5.09. The highest BCUT2D eigenvalue weighted by Crippen LogP contribution is 2.32. The van der Waals surface area contributed by atoms with E-state index in [4.69, 9.17) is 0 Å². The monoisotopic (exact) mass is 283 g/mol. The summed E-state index contributed by atoms with van der Waals surface area (Å²) >= 11 is 0. The second kappa shape index (κ2) is 5.09. The molecule has 2 aromatic rings. The Balaban J connectivity index is 2.18. The maximum Gasteiger partial charge on any atom is 0.277 e. The van der Waals surface area contributed by atoms with Crippen molar-refractivity contribution in [2.24, 2.45) is 0 Å². The number of aromatic amines is 1. The van der Waals surface area contributed by atoms with E-state index >= 15 is 0 Å². The summed E-state index contributed by atoms with van der Waals surface area (Å²) < 4.78 is 0. The van der Waals surface area contributed by atoms with Crippen molar-refractivity contribution in [2.45, 2.75) is 13.3 Å². The highest BCUT2D eigenvalue weighted by molar-refractivity contribution is 6.36. The molecule has 0 fully saturated rings. The number of aromatic nitrogens is 1. The fourth-order valence-corrected chi connectivity index (χ4v) is 2.58.